The summed E-state index contributed by atoms with van der Waals surface area (Å²) >= 11 is 6.12. The standard InChI is InChI=1S/C31H42ClF3N4O5/c1-6-24-15-26(16-25(7-2)39(24)30(41)44-20(4)5)38(19-21-12-22(31(33,34)35)14-23(32)13-21)29-36-17-27(18-37-29)43-11-9-10-28(40)42-8-3/h12-14,17-18,20,24-26H,6-11,15-16,19H2,1-5H3/t24-,25+,26?. The number of alkyl halides is 3. The van der Waals surface area contributed by atoms with Crippen LogP contribution < -0.4 is 9.64 Å². The lowest BCUT2D eigenvalue weighted by Gasteiger charge is -2.47. The lowest BCUT2D eigenvalue weighted by Crippen LogP contribution is -2.57. The van der Waals surface area contributed by atoms with Crippen molar-refractivity contribution in [2.45, 2.75) is 110 Å². The van der Waals surface area contributed by atoms with E-state index in [1.165, 1.54) is 18.5 Å². The summed E-state index contributed by atoms with van der Waals surface area (Å²) < 4.78 is 57.1. The molecule has 1 unspecified atom stereocenters. The minimum absolute atomic E-state index is 0.0219. The van der Waals surface area contributed by atoms with Crippen molar-refractivity contribution < 1.29 is 37.0 Å². The number of nitrogens with zero attached hydrogens (tertiary/aromatic N) is 4. The van der Waals surface area contributed by atoms with Gasteiger partial charge in [0.2, 0.25) is 5.95 Å². The molecule has 0 N–H and O–H groups in total. The first-order valence-electron chi connectivity index (χ1n) is 15.1. The topological polar surface area (TPSA) is 94.1 Å². The van der Waals surface area contributed by atoms with Crippen molar-refractivity contribution in [1.82, 2.24) is 14.9 Å². The number of rotatable bonds is 13. The van der Waals surface area contributed by atoms with Crippen molar-refractivity contribution in [3.05, 3.63) is 46.7 Å². The zero-order chi connectivity index (χ0) is 32.4. The van der Waals surface area contributed by atoms with E-state index in [0.717, 1.165) is 12.1 Å². The molecule has 0 bridgehead atoms. The van der Waals surface area contributed by atoms with E-state index in [1.807, 2.05) is 23.6 Å². The predicted octanol–water partition coefficient (Wildman–Crippen LogP) is 7.44. The van der Waals surface area contributed by atoms with Crippen molar-refractivity contribution >= 4 is 29.6 Å². The third-order valence-corrected chi connectivity index (χ3v) is 7.63. The van der Waals surface area contributed by atoms with Crippen LogP contribution in [0.15, 0.2) is 30.6 Å². The van der Waals surface area contributed by atoms with Crippen LogP contribution in [-0.4, -0.2) is 64.4 Å². The zero-order valence-corrected chi connectivity index (χ0v) is 26.7. The number of hydrogen-bond acceptors (Lipinski definition) is 8. The van der Waals surface area contributed by atoms with Gasteiger partial charge in [-0.15, -0.1) is 0 Å². The fourth-order valence-electron chi connectivity index (χ4n) is 5.43. The molecule has 0 spiro atoms. The molecule has 1 aliphatic rings. The van der Waals surface area contributed by atoms with Crippen LogP contribution >= 0.6 is 11.6 Å². The number of carbonyl (C=O) groups excluding carboxylic acids is 2. The smallest absolute Gasteiger partial charge is 0.416 e. The summed E-state index contributed by atoms with van der Waals surface area (Å²) in [5, 5.41) is -0.0219. The van der Waals surface area contributed by atoms with E-state index >= 15 is 0 Å². The van der Waals surface area contributed by atoms with Gasteiger partial charge in [0.25, 0.3) is 0 Å². The summed E-state index contributed by atoms with van der Waals surface area (Å²) in [6.45, 7) is 9.99. The van der Waals surface area contributed by atoms with Crippen LogP contribution in [0.1, 0.15) is 84.3 Å². The van der Waals surface area contributed by atoms with E-state index in [1.54, 1.807) is 20.8 Å². The number of anilines is 1. The first-order valence-corrected chi connectivity index (χ1v) is 15.5. The summed E-state index contributed by atoms with van der Waals surface area (Å²) in [7, 11) is 0. The fraction of sp³-hybridized carbons (Fsp3) is 0.613. The van der Waals surface area contributed by atoms with E-state index in [9.17, 15) is 22.8 Å². The van der Waals surface area contributed by atoms with E-state index in [2.05, 4.69) is 9.97 Å². The highest BCUT2D eigenvalue weighted by molar-refractivity contribution is 6.30. The predicted molar refractivity (Wildman–Crippen MR) is 161 cm³/mol. The number of ether oxygens (including phenoxy) is 3. The highest BCUT2D eigenvalue weighted by Gasteiger charge is 2.41. The molecule has 1 aliphatic heterocycles. The highest BCUT2D eigenvalue weighted by Crippen LogP contribution is 2.36. The van der Waals surface area contributed by atoms with Crippen LogP contribution in [-0.2, 0) is 27.0 Å². The number of hydrogen-bond donors (Lipinski definition) is 0. The van der Waals surface area contributed by atoms with Gasteiger partial charge in [0.05, 0.1) is 37.3 Å². The molecule has 0 aliphatic carbocycles. The Balaban J connectivity index is 1.90. The third kappa shape index (κ3) is 9.87. The van der Waals surface area contributed by atoms with E-state index in [-0.39, 0.29) is 60.9 Å². The Hall–Kier alpha value is -3.28. The van der Waals surface area contributed by atoms with Crippen molar-refractivity contribution in [2.24, 2.45) is 0 Å². The molecule has 13 heteroatoms. The monoisotopic (exact) mass is 642 g/mol. The van der Waals surface area contributed by atoms with Crippen molar-refractivity contribution in [3.8, 4) is 5.75 Å². The lowest BCUT2D eigenvalue weighted by atomic mass is 9.87. The van der Waals surface area contributed by atoms with Crippen LogP contribution in [0.5, 0.6) is 5.75 Å². The Morgan fingerprint density at radius 2 is 1.70 bits per heavy atom. The van der Waals surface area contributed by atoms with Crippen LogP contribution in [0.2, 0.25) is 5.02 Å². The van der Waals surface area contributed by atoms with Gasteiger partial charge in [0.15, 0.2) is 5.75 Å². The molecule has 1 amide bonds. The van der Waals surface area contributed by atoms with Gasteiger partial charge >= 0.3 is 18.2 Å². The van der Waals surface area contributed by atoms with Crippen molar-refractivity contribution in [3.63, 3.8) is 0 Å². The molecule has 1 aromatic carbocycles. The number of piperidine rings is 1. The molecule has 244 valence electrons. The summed E-state index contributed by atoms with van der Waals surface area (Å²) in [5.41, 5.74) is -0.480. The normalized spacial score (nSPS) is 18.7. The minimum Gasteiger partial charge on any atom is -0.490 e. The highest BCUT2D eigenvalue weighted by atomic mass is 35.5. The SMILES string of the molecule is CCOC(=O)CCCOc1cnc(N(Cc2cc(Cl)cc(C(F)(F)F)c2)C2C[C@@H](CC)N(C(=O)OC(C)C)[C@@H](CC)C2)nc1. The molecule has 0 saturated carbocycles. The quantitative estimate of drug-likeness (QED) is 0.164. The molecule has 1 aromatic heterocycles. The molecule has 1 saturated heterocycles. The van der Waals surface area contributed by atoms with Crippen LogP contribution in [0, 0.1) is 0 Å². The fourth-order valence-corrected chi connectivity index (χ4v) is 5.69. The molecule has 9 nitrogen and oxygen atoms in total. The number of carbonyl (C=O) groups is 2. The summed E-state index contributed by atoms with van der Waals surface area (Å²) in [4.78, 5) is 37.4. The Kier molecular flexibility index (Phi) is 12.9. The van der Waals surface area contributed by atoms with E-state index in [4.69, 9.17) is 25.8 Å². The summed E-state index contributed by atoms with van der Waals surface area (Å²) in [5.74, 6) is 0.404. The van der Waals surface area contributed by atoms with E-state index < -0.39 is 11.7 Å². The number of halogens is 4. The molecular weight excluding hydrogens is 601 g/mol. The molecule has 0 radical (unpaired) electrons. The van der Waals surface area contributed by atoms with Gasteiger partial charge in [0, 0.05) is 36.1 Å². The Bertz CT molecular complexity index is 1220. The van der Waals surface area contributed by atoms with Gasteiger partial charge in [0.1, 0.15) is 0 Å². The molecule has 3 rings (SSSR count). The average Bonchev–Trinajstić information content (AvgIpc) is 2.96. The summed E-state index contributed by atoms with van der Waals surface area (Å²) in [6.07, 6.45) is 0.918. The number of aromatic nitrogens is 2. The van der Waals surface area contributed by atoms with Crippen molar-refractivity contribution in [2.75, 3.05) is 18.1 Å². The maximum Gasteiger partial charge on any atom is 0.416 e. The second-order valence-corrected chi connectivity index (χ2v) is 11.5. The number of benzene rings is 1. The van der Waals surface area contributed by atoms with E-state index in [0.29, 0.717) is 56.0 Å². The Morgan fingerprint density at radius 3 is 2.25 bits per heavy atom. The van der Waals surface area contributed by atoms with Crippen molar-refractivity contribution in [1.29, 1.82) is 0 Å². The largest absolute Gasteiger partial charge is 0.490 e. The number of esters is 1. The maximum absolute atomic E-state index is 13.6. The van der Waals surface area contributed by atoms with Gasteiger partial charge in [-0.3, -0.25) is 4.79 Å². The molecule has 3 atom stereocenters. The third-order valence-electron chi connectivity index (χ3n) is 7.41. The average molecular weight is 643 g/mol. The van der Waals surface area contributed by atoms with Gasteiger partial charge < -0.3 is 24.0 Å². The maximum atomic E-state index is 13.6. The summed E-state index contributed by atoms with van der Waals surface area (Å²) in [6, 6.07) is 2.99. The van der Waals surface area contributed by atoms with Gasteiger partial charge in [-0.05, 0) is 76.6 Å². The molecule has 44 heavy (non-hydrogen) atoms. The number of likely N-dealkylation sites (tertiary alicyclic amines) is 1. The minimum atomic E-state index is -4.56. The lowest BCUT2D eigenvalue weighted by molar-refractivity contribution is -0.143. The first-order chi connectivity index (χ1) is 20.9. The van der Waals surface area contributed by atoms with Crippen LogP contribution in [0.25, 0.3) is 0 Å². The Morgan fingerprint density at radius 1 is 1.07 bits per heavy atom. The molecule has 2 heterocycles. The zero-order valence-electron chi connectivity index (χ0n) is 25.9. The van der Waals surface area contributed by atoms with Gasteiger partial charge in [-0.25, -0.2) is 14.8 Å². The van der Waals surface area contributed by atoms with Gasteiger partial charge in [-0.2, -0.15) is 13.2 Å². The molecular formula is C31H42ClF3N4O5. The van der Waals surface area contributed by atoms with Gasteiger partial charge in [-0.1, -0.05) is 25.4 Å². The second kappa shape index (κ2) is 16.2. The van der Waals surface area contributed by atoms with Crippen LogP contribution in [0.4, 0.5) is 23.9 Å². The molecule has 1 fully saturated rings. The van der Waals surface area contributed by atoms with Crippen LogP contribution in [0.3, 0.4) is 0 Å². The Labute approximate surface area is 262 Å². The first kappa shape index (κ1) is 35.2. The number of amides is 1. The second-order valence-electron chi connectivity index (χ2n) is 11.0. The molecule has 2 aromatic rings.